The Hall–Kier alpha value is -2.02. The number of halogens is 1. The van der Waals surface area contributed by atoms with Gasteiger partial charge in [0.1, 0.15) is 5.75 Å². The van der Waals surface area contributed by atoms with Crippen LogP contribution in [0.4, 0.5) is 5.69 Å². The lowest BCUT2D eigenvalue weighted by atomic mass is 10.2. The molecular formula is C20H22ClN3O2S. The fourth-order valence-electron chi connectivity index (χ4n) is 3.51. The highest BCUT2D eigenvalue weighted by molar-refractivity contribution is 7.83. The molecule has 1 aromatic heterocycles. The number of hydrogen-bond donors (Lipinski definition) is 1. The molecule has 0 amide bonds. The molecule has 0 bridgehead atoms. The van der Waals surface area contributed by atoms with Crippen LogP contribution >= 0.6 is 11.6 Å². The van der Waals surface area contributed by atoms with Crippen LogP contribution in [0.15, 0.2) is 47.5 Å². The van der Waals surface area contributed by atoms with Gasteiger partial charge in [-0.3, -0.25) is 3.97 Å². The highest BCUT2D eigenvalue weighted by Gasteiger charge is 2.19. The molecule has 5 nitrogen and oxygen atoms in total. The van der Waals surface area contributed by atoms with Crippen molar-refractivity contribution in [3.05, 3.63) is 53.2 Å². The molecule has 1 unspecified atom stereocenters. The monoisotopic (exact) mass is 403 g/mol. The SMILES string of the molecule is COc1ccc(S(=O)n2cc(C)c3cc(Cl)ccc32)cc1N1CCNCC1. The maximum atomic E-state index is 13.4. The minimum absolute atomic E-state index is 0.680. The highest BCUT2D eigenvalue weighted by Crippen LogP contribution is 2.32. The number of benzene rings is 2. The lowest BCUT2D eigenvalue weighted by molar-refractivity contribution is 0.412. The molecule has 1 atom stereocenters. The van der Waals surface area contributed by atoms with E-state index in [4.69, 9.17) is 16.3 Å². The summed E-state index contributed by atoms with van der Waals surface area (Å²) in [6.07, 6.45) is 1.92. The van der Waals surface area contributed by atoms with E-state index in [9.17, 15) is 4.21 Å². The van der Waals surface area contributed by atoms with Gasteiger partial charge in [-0.2, -0.15) is 0 Å². The van der Waals surface area contributed by atoms with Crippen molar-refractivity contribution in [2.45, 2.75) is 11.8 Å². The molecule has 142 valence electrons. The molecule has 1 fully saturated rings. The zero-order valence-electron chi connectivity index (χ0n) is 15.4. The van der Waals surface area contributed by atoms with Crippen molar-refractivity contribution < 1.29 is 8.95 Å². The van der Waals surface area contributed by atoms with E-state index in [1.165, 1.54) is 0 Å². The number of fused-ring (bicyclic) bond motifs is 1. The van der Waals surface area contributed by atoms with Crippen LogP contribution < -0.4 is 15.0 Å². The van der Waals surface area contributed by atoms with Crippen LogP contribution in [0.5, 0.6) is 5.75 Å². The fraction of sp³-hybridized carbons (Fsp3) is 0.300. The minimum atomic E-state index is -1.36. The van der Waals surface area contributed by atoms with E-state index >= 15 is 0 Å². The molecule has 2 heterocycles. The van der Waals surface area contributed by atoms with Crippen molar-refractivity contribution in [1.29, 1.82) is 0 Å². The second-order valence-corrected chi connectivity index (χ2v) is 8.42. The van der Waals surface area contributed by atoms with Crippen molar-refractivity contribution in [2.24, 2.45) is 0 Å². The number of aromatic nitrogens is 1. The quantitative estimate of drug-likeness (QED) is 0.723. The van der Waals surface area contributed by atoms with E-state index < -0.39 is 11.0 Å². The zero-order chi connectivity index (χ0) is 19.0. The van der Waals surface area contributed by atoms with Crippen LogP contribution in [0.1, 0.15) is 5.56 Å². The van der Waals surface area contributed by atoms with E-state index in [2.05, 4.69) is 10.2 Å². The van der Waals surface area contributed by atoms with Gasteiger partial charge in [0.25, 0.3) is 0 Å². The molecule has 0 radical (unpaired) electrons. The first-order valence-electron chi connectivity index (χ1n) is 8.91. The average Bonchev–Trinajstić information content (AvgIpc) is 3.03. The van der Waals surface area contributed by atoms with Crippen LogP contribution in [-0.4, -0.2) is 41.5 Å². The number of nitrogens with zero attached hydrogens (tertiary/aromatic N) is 2. The third kappa shape index (κ3) is 3.45. The van der Waals surface area contributed by atoms with Crippen LogP contribution in [0.2, 0.25) is 5.02 Å². The number of aryl methyl sites for hydroxylation is 1. The molecule has 0 spiro atoms. The molecule has 1 saturated heterocycles. The Bertz CT molecular complexity index is 1010. The standard InChI is InChI=1S/C20H22ClN3O2S/c1-14-13-24(18-5-3-15(21)11-17(14)18)27(25)16-4-6-20(26-2)19(12-16)23-9-7-22-8-10-23/h3-6,11-13,22H,7-10H2,1-2H3. The molecule has 4 rings (SSSR count). The number of ether oxygens (including phenoxy) is 1. The van der Waals surface area contributed by atoms with Gasteiger partial charge in [-0.15, -0.1) is 0 Å². The summed E-state index contributed by atoms with van der Waals surface area (Å²) in [5, 5.41) is 5.06. The molecule has 27 heavy (non-hydrogen) atoms. The number of anilines is 1. The van der Waals surface area contributed by atoms with Gasteiger partial charge in [0.05, 0.1) is 23.2 Å². The van der Waals surface area contributed by atoms with Gasteiger partial charge in [-0.25, -0.2) is 4.21 Å². The molecule has 2 aromatic carbocycles. The second-order valence-electron chi connectivity index (χ2n) is 6.62. The van der Waals surface area contributed by atoms with Gasteiger partial charge in [-0.1, -0.05) is 11.6 Å². The minimum Gasteiger partial charge on any atom is -0.495 e. The van der Waals surface area contributed by atoms with Crippen LogP contribution in [0.3, 0.4) is 0 Å². The Labute approximate surface area is 166 Å². The summed E-state index contributed by atoms with van der Waals surface area (Å²) >= 11 is 6.13. The normalized spacial score (nSPS) is 15.9. The van der Waals surface area contributed by atoms with Crippen molar-refractivity contribution in [3.8, 4) is 5.75 Å². The predicted molar refractivity (Wildman–Crippen MR) is 112 cm³/mol. The molecular weight excluding hydrogens is 382 g/mol. The first-order chi connectivity index (χ1) is 13.1. The van der Waals surface area contributed by atoms with E-state index in [-0.39, 0.29) is 0 Å². The Morgan fingerprint density at radius 3 is 2.67 bits per heavy atom. The zero-order valence-corrected chi connectivity index (χ0v) is 16.9. The van der Waals surface area contributed by atoms with Crippen LogP contribution in [0.25, 0.3) is 10.9 Å². The molecule has 0 saturated carbocycles. The predicted octanol–water partition coefficient (Wildman–Crippen LogP) is 3.59. The van der Waals surface area contributed by atoms with Crippen LogP contribution in [0, 0.1) is 6.92 Å². The lowest BCUT2D eigenvalue weighted by Gasteiger charge is -2.30. The average molecular weight is 404 g/mol. The Morgan fingerprint density at radius 2 is 1.93 bits per heavy atom. The largest absolute Gasteiger partial charge is 0.495 e. The summed E-state index contributed by atoms with van der Waals surface area (Å²) in [7, 11) is 0.314. The fourth-order valence-corrected chi connectivity index (χ4v) is 4.90. The van der Waals surface area contributed by atoms with Crippen LogP contribution in [-0.2, 0) is 11.0 Å². The summed E-state index contributed by atoms with van der Waals surface area (Å²) in [5.41, 5.74) is 2.95. The number of nitrogens with one attached hydrogen (secondary N) is 1. The topological polar surface area (TPSA) is 46.5 Å². The number of methoxy groups -OCH3 is 1. The highest BCUT2D eigenvalue weighted by atomic mass is 35.5. The van der Waals surface area contributed by atoms with Crippen molar-refractivity contribution in [2.75, 3.05) is 38.2 Å². The Balaban J connectivity index is 1.76. The first-order valence-corrected chi connectivity index (χ1v) is 10.4. The third-order valence-corrected chi connectivity index (χ3v) is 6.47. The molecule has 3 aromatic rings. The van der Waals surface area contributed by atoms with E-state index in [1.54, 1.807) is 7.11 Å². The second kappa shape index (κ2) is 7.54. The van der Waals surface area contributed by atoms with Gasteiger partial charge in [0, 0.05) is 42.8 Å². The van der Waals surface area contributed by atoms with E-state index in [0.717, 1.165) is 59.0 Å². The van der Waals surface area contributed by atoms with Gasteiger partial charge < -0.3 is 15.0 Å². The summed E-state index contributed by atoms with van der Waals surface area (Å²) in [6.45, 7) is 5.66. The molecule has 1 aliphatic rings. The lowest BCUT2D eigenvalue weighted by Crippen LogP contribution is -2.43. The smallest absolute Gasteiger partial charge is 0.157 e. The molecule has 1 N–H and O–H groups in total. The maximum Gasteiger partial charge on any atom is 0.157 e. The van der Waals surface area contributed by atoms with Gasteiger partial charge in [-0.05, 0) is 48.9 Å². The number of hydrogen-bond acceptors (Lipinski definition) is 4. The van der Waals surface area contributed by atoms with Gasteiger partial charge >= 0.3 is 0 Å². The summed E-state index contributed by atoms with van der Waals surface area (Å²) < 4.78 is 20.7. The summed E-state index contributed by atoms with van der Waals surface area (Å²) in [4.78, 5) is 3.02. The van der Waals surface area contributed by atoms with Crippen molar-refractivity contribution in [1.82, 2.24) is 9.29 Å². The third-order valence-electron chi connectivity index (χ3n) is 4.92. The number of rotatable bonds is 4. The number of piperazine rings is 1. The first kappa shape index (κ1) is 18.3. The Morgan fingerprint density at radius 1 is 1.15 bits per heavy atom. The molecule has 0 aliphatic carbocycles. The summed E-state index contributed by atoms with van der Waals surface area (Å²) in [5.74, 6) is 0.804. The van der Waals surface area contributed by atoms with Crippen molar-refractivity contribution in [3.63, 3.8) is 0 Å². The maximum absolute atomic E-state index is 13.4. The summed E-state index contributed by atoms with van der Waals surface area (Å²) in [6, 6.07) is 11.4. The van der Waals surface area contributed by atoms with Gasteiger partial charge in [0.2, 0.25) is 0 Å². The Kier molecular flexibility index (Phi) is 5.12. The molecule has 1 aliphatic heterocycles. The van der Waals surface area contributed by atoms with E-state index in [0.29, 0.717) is 5.02 Å². The molecule has 7 heteroatoms. The van der Waals surface area contributed by atoms with Gasteiger partial charge in [0.15, 0.2) is 11.0 Å². The van der Waals surface area contributed by atoms with E-state index in [1.807, 2.05) is 53.5 Å². The van der Waals surface area contributed by atoms with Crippen molar-refractivity contribution >= 4 is 39.2 Å².